The summed E-state index contributed by atoms with van der Waals surface area (Å²) in [6.07, 6.45) is 3.59. The molecule has 5 atom stereocenters. The van der Waals surface area contributed by atoms with Gasteiger partial charge in [-0.1, -0.05) is 53.9 Å². The summed E-state index contributed by atoms with van der Waals surface area (Å²) in [6.45, 7) is 16.9. The number of carbonyl (C=O) groups is 5. The molecule has 1 aromatic rings. The van der Waals surface area contributed by atoms with Gasteiger partial charge in [-0.05, 0) is 58.3 Å². The zero-order valence-corrected chi connectivity index (χ0v) is 30.9. The van der Waals surface area contributed by atoms with Crippen LogP contribution in [-0.4, -0.2) is 86.8 Å². The third kappa shape index (κ3) is 12.3. The molecule has 2 N–H and O–H groups in total. The summed E-state index contributed by atoms with van der Waals surface area (Å²) in [5.41, 5.74) is -0.899. The second kappa shape index (κ2) is 19.1. The van der Waals surface area contributed by atoms with E-state index in [4.69, 9.17) is 14.3 Å². The number of carboxylic acids is 1. The van der Waals surface area contributed by atoms with Crippen LogP contribution in [0.5, 0.6) is 0 Å². The van der Waals surface area contributed by atoms with Crippen molar-refractivity contribution in [2.24, 2.45) is 11.8 Å². The van der Waals surface area contributed by atoms with Crippen LogP contribution in [0.3, 0.4) is 0 Å². The van der Waals surface area contributed by atoms with Crippen molar-refractivity contribution in [3.8, 4) is 0 Å². The first kappa shape index (κ1) is 40.9. The van der Waals surface area contributed by atoms with E-state index in [2.05, 4.69) is 17.2 Å². The summed E-state index contributed by atoms with van der Waals surface area (Å²) in [6, 6.07) is -2.42. The first-order chi connectivity index (χ1) is 22.5. The van der Waals surface area contributed by atoms with Gasteiger partial charge in [0.1, 0.15) is 22.7 Å². The Morgan fingerprint density at radius 3 is 2.35 bits per heavy atom. The molecule has 0 aliphatic carbocycles. The number of rotatable bonds is 17. The van der Waals surface area contributed by atoms with Crippen molar-refractivity contribution in [1.82, 2.24) is 20.3 Å². The first-order valence-electron chi connectivity index (χ1n) is 17.1. The SMILES string of the molecule is CCCCCON(C(=O)[C@@H](NC(=O)[C@H]1CCCCN1C(=O)OC(C)(C)C)[C@@H](C)CC)[C@H](C[C@@H](OC(C)=O)c1nc(C(=O)O)cs1)C(C)C. The van der Waals surface area contributed by atoms with E-state index in [0.29, 0.717) is 25.8 Å². The fourth-order valence-corrected chi connectivity index (χ4v) is 6.28. The lowest BCUT2D eigenvalue weighted by Crippen LogP contribution is -2.60. The van der Waals surface area contributed by atoms with Crippen molar-refractivity contribution in [1.29, 1.82) is 0 Å². The predicted octanol–water partition coefficient (Wildman–Crippen LogP) is 6.13. The molecule has 0 unspecified atom stereocenters. The monoisotopic (exact) mass is 696 g/mol. The molecule has 0 aromatic carbocycles. The first-order valence-corrected chi connectivity index (χ1v) is 18.0. The molecule has 1 saturated heterocycles. The zero-order chi connectivity index (χ0) is 36.2. The number of hydroxylamine groups is 2. The predicted molar refractivity (Wildman–Crippen MR) is 181 cm³/mol. The van der Waals surface area contributed by atoms with E-state index in [1.807, 2.05) is 27.7 Å². The largest absolute Gasteiger partial charge is 0.476 e. The fourth-order valence-electron chi connectivity index (χ4n) is 5.44. The van der Waals surface area contributed by atoms with Gasteiger partial charge in [0.15, 0.2) is 11.8 Å². The number of aromatic carboxylic acids is 1. The van der Waals surface area contributed by atoms with Gasteiger partial charge < -0.3 is 19.9 Å². The Balaban J connectivity index is 2.47. The summed E-state index contributed by atoms with van der Waals surface area (Å²) in [5.74, 6) is -3.18. The lowest BCUT2D eigenvalue weighted by molar-refractivity contribution is -0.213. The second-order valence-electron chi connectivity index (χ2n) is 13.8. The number of hydrogen-bond acceptors (Lipinski definition) is 10. The third-order valence-electron chi connectivity index (χ3n) is 8.26. The normalized spacial score (nSPS) is 17.6. The smallest absolute Gasteiger partial charge is 0.410 e. The molecular formula is C34H56N4O9S. The van der Waals surface area contributed by atoms with Crippen LogP contribution in [0.25, 0.3) is 0 Å². The third-order valence-corrected chi connectivity index (χ3v) is 9.19. The van der Waals surface area contributed by atoms with E-state index in [1.165, 1.54) is 22.3 Å². The molecule has 1 fully saturated rings. The molecule has 1 aliphatic heterocycles. The van der Waals surface area contributed by atoms with Crippen LogP contribution in [0.15, 0.2) is 5.38 Å². The second-order valence-corrected chi connectivity index (χ2v) is 14.7. The number of unbranched alkanes of at least 4 members (excludes halogenated alkanes) is 2. The van der Waals surface area contributed by atoms with Gasteiger partial charge in [-0.2, -0.15) is 0 Å². The number of nitrogens with one attached hydrogen (secondary N) is 1. The van der Waals surface area contributed by atoms with Gasteiger partial charge in [0.25, 0.3) is 5.91 Å². The Kier molecular flexibility index (Phi) is 16.2. The molecule has 3 amide bonds. The molecule has 0 radical (unpaired) electrons. The molecule has 14 heteroatoms. The van der Waals surface area contributed by atoms with Crippen LogP contribution in [0.4, 0.5) is 4.79 Å². The molecule has 0 spiro atoms. The highest BCUT2D eigenvalue weighted by Crippen LogP contribution is 2.32. The molecule has 1 aliphatic rings. The van der Waals surface area contributed by atoms with Crippen molar-refractivity contribution >= 4 is 41.2 Å². The number of ether oxygens (including phenoxy) is 2. The summed E-state index contributed by atoms with van der Waals surface area (Å²) < 4.78 is 11.2. The standard InChI is InChI=1S/C34H56N4O9S/c1-10-12-15-18-45-38(26(21(3)4)19-27(46-23(6)39)30-35-24(20-48-30)32(42)43)31(41)28(22(5)11-2)36-29(40)25-16-13-14-17-37(25)33(44)47-34(7,8)9/h20-22,25-28H,10-19H2,1-9H3,(H,36,40)(H,42,43)/t22-,25+,26+,27+,28-/m0/s1. The number of nitrogens with zero attached hydrogens (tertiary/aromatic N) is 3. The highest BCUT2D eigenvalue weighted by atomic mass is 32.1. The Morgan fingerprint density at radius 2 is 1.81 bits per heavy atom. The summed E-state index contributed by atoms with van der Waals surface area (Å²) in [5, 5.41) is 15.4. The molecule has 2 heterocycles. The number of carboxylic acid groups (broad SMARTS) is 1. The number of piperidine rings is 1. The number of likely N-dealkylation sites (tertiary alicyclic amines) is 1. The Hall–Kier alpha value is -3.26. The Bertz CT molecular complexity index is 1230. The lowest BCUT2D eigenvalue weighted by atomic mass is 9.93. The molecule has 1 aromatic heterocycles. The molecule has 272 valence electrons. The fraction of sp³-hybridized carbons (Fsp3) is 0.765. The quantitative estimate of drug-likeness (QED) is 0.110. The number of thiazole rings is 1. The van der Waals surface area contributed by atoms with Crippen LogP contribution < -0.4 is 5.32 Å². The number of hydrogen-bond donors (Lipinski definition) is 2. The van der Waals surface area contributed by atoms with Gasteiger partial charge in [0.2, 0.25) is 5.91 Å². The summed E-state index contributed by atoms with van der Waals surface area (Å²) in [4.78, 5) is 77.1. The number of amides is 3. The molecule has 48 heavy (non-hydrogen) atoms. The topological polar surface area (TPSA) is 165 Å². The van der Waals surface area contributed by atoms with Gasteiger partial charge >= 0.3 is 18.0 Å². The Morgan fingerprint density at radius 1 is 1.12 bits per heavy atom. The van der Waals surface area contributed by atoms with Crippen molar-refractivity contribution in [3.63, 3.8) is 0 Å². The molecule has 2 rings (SSSR count). The highest BCUT2D eigenvalue weighted by molar-refractivity contribution is 7.09. The number of carbonyl (C=O) groups excluding carboxylic acids is 4. The van der Waals surface area contributed by atoms with Gasteiger partial charge in [-0.15, -0.1) is 11.3 Å². The van der Waals surface area contributed by atoms with E-state index >= 15 is 0 Å². The minimum atomic E-state index is -1.20. The zero-order valence-electron chi connectivity index (χ0n) is 30.1. The van der Waals surface area contributed by atoms with E-state index in [1.54, 1.807) is 20.8 Å². The van der Waals surface area contributed by atoms with Crippen molar-refractivity contribution in [2.75, 3.05) is 13.2 Å². The van der Waals surface area contributed by atoms with E-state index < -0.39 is 59.7 Å². The Labute approximate surface area is 289 Å². The average Bonchev–Trinajstić information content (AvgIpc) is 3.51. The van der Waals surface area contributed by atoms with Crippen LogP contribution in [-0.2, 0) is 28.7 Å². The minimum Gasteiger partial charge on any atom is -0.476 e. The molecule has 0 bridgehead atoms. The molecule has 0 saturated carbocycles. The summed E-state index contributed by atoms with van der Waals surface area (Å²) >= 11 is 1.06. The van der Waals surface area contributed by atoms with Crippen molar-refractivity contribution in [2.45, 2.75) is 144 Å². The van der Waals surface area contributed by atoms with Crippen LogP contribution in [0.1, 0.15) is 135 Å². The minimum absolute atomic E-state index is 0.0829. The maximum absolute atomic E-state index is 14.6. The van der Waals surface area contributed by atoms with Gasteiger partial charge in [0.05, 0.1) is 12.6 Å². The summed E-state index contributed by atoms with van der Waals surface area (Å²) in [7, 11) is 0. The van der Waals surface area contributed by atoms with E-state index in [-0.39, 0.29) is 35.6 Å². The van der Waals surface area contributed by atoms with Crippen LogP contribution >= 0.6 is 11.3 Å². The highest BCUT2D eigenvalue weighted by Gasteiger charge is 2.41. The lowest BCUT2D eigenvalue weighted by Gasteiger charge is -2.39. The number of aromatic nitrogens is 1. The molecular weight excluding hydrogens is 640 g/mol. The van der Waals surface area contributed by atoms with E-state index in [0.717, 1.165) is 37.0 Å². The number of esters is 1. The van der Waals surface area contributed by atoms with Crippen molar-refractivity contribution in [3.05, 3.63) is 16.1 Å². The van der Waals surface area contributed by atoms with Gasteiger partial charge in [-0.25, -0.2) is 19.6 Å². The van der Waals surface area contributed by atoms with Crippen LogP contribution in [0, 0.1) is 11.8 Å². The van der Waals surface area contributed by atoms with Gasteiger partial charge in [-0.3, -0.25) is 24.1 Å². The van der Waals surface area contributed by atoms with E-state index in [9.17, 15) is 29.1 Å². The van der Waals surface area contributed by atoms with Crippen LogP contribution in [0.2, 0.25) is 0 Å². The maximum atomic E-state index is 14.6. The molecule has 13 nitrogen and oxygen atoms in total. The average molecular weight is 697 g/mol. The van der Waals surface area contributed by atoms with Crippen molar-refractivity contribution < 1.29 is 43.4 Å². The van der Waals surface area contributed by atoms with Gasteiger partial charge in [0, 0.05) is 25.3 Å². The maximum Gasteiger partial charge on any atom is 0.410 e.